The maximum Gasteiger partial charge on any atom is 0.191 e. The minimum Gasteiger partial charge on any atom is -0.295 e. The molecule has 0 aliphatic heterocycles. The van der Waals surface area contributed by atoms with Gasteiger partial charge in [0.2, 0.25) is 0 Å². The SMILES string of the molecule is N[C@]1(F)C=CC(Cl)=C[C@H]1C(=O)c1ccccc1. The molecule has 0 bridgehead atoms. The highest BCUT2D eigenvalue weighted by atomic mass is 35.5. The third-order valence-electron chi connectivity index (χ3n) is 2.64. The van der Waals surface area contributed by atoms with E-state index in [1.807, 2.05) is 0 Å². The lowest BCUT2D eigenvalue weighted by Gasteiger charge is -2.26. The molecule has 0 heterocycles. The van der Waals surface area contributed by atoms with Gasteiger partial charge in [-0.15, -0.1) is 0 Å². The second kappa shape index (κ2) is 4.43. The van der Waals surface area contributed by atoms with E-state index in [2.05, 4.69) is 0 Å². The van der Waals surface area contributed by atoms with E-state index >= 15 is 0 Å². The Morgan fingerprint density at radius 2 is 2.00 bits per heavy atom. The number of rotatable bonds is 2. The van der Waals surface area contributed by atoms with Gasteiger partial charge in [0, 0.05) is 10.6 Å². The molecule has 0 amide bonds. The Morgan fingerprint density at radius 1 is 1.35 bits per heavy atom. The van der Waals surface area contributed by atoms with Gasteiger partial charge in [-0.2, -0.15) is 0 Å². The van der Waals surface area contributed by atoms with E-state index < -0.39 is 11.7 Å². The largest absolute Gasteiger partial charge is 0.295 e. The lowest BCUT2D eigenvalue weighted by Crippen LogP contribution is -2.45. The second-order valence-electron chi connectivity index (χ2n) is 3.92. The van der Waals surface area contributed by atoms with E-state index in [1.165, 1.54) is 12.2 Å². The van der Waals surface area contributed by atoms with Crippen LogP contribution in [0, 0.1) is 5.92 Å². The van der Waals surface area contributed by atoms with E-state index in [4.69, 9.17) is 17.3 Å². The molecule has 88 valence electrons. The molecule has 1 aliphatic carbocycles. The summed E-state index contributed by atoms with van der Waals surface area (Å²) in [6.07, 6.45) is 3.81. The predicted molar refractivity (Wildman–Crippen MR) is 65.4 cm³/mol. The summed E-state index contributed by atoms with van der Waals surface area (Å²) < 4.78 is 14.0. The first-order valence-corrected chi connectivity index (χ1v) is 5.52. The molecule has 2 rings (SSSR count). The van der Waals surface area contributed by atoms with Crippen molar-refractivity contribution in [3.63, 3.8) is 0 Å². The van der Waals surface area contributed by atoms with Crippen LogP contribution < -0.4 is 5.73 Å². The highest BCUT2D eigenvalue weighted by Crippen LogP contribution is 2.30. The van der Waals surface area contributed by atoms with Gasteiger partial charge in [0.1, 0.15) is 0 Å². The summed E-state index contributed by atoms with van der Waals surface area (Å²) in [5.74, 6) is -3.65. The normalized spacial score (nSPS) is 27.7. The van der Waals surface area contributed by atoms with Gasteiger partial charge >= 0.3 is 0 Å². The molecule has 0 unspecified atom stereocenters. The molecule has 0 spiro atoms. The number of nitrogens with two attached hydrogens (primary N) is 1. The van der Waals surface area contributed by atoms with Crippen LogP contribution >= 0.6 is 11.6 Å². The summed E-state index contributed by atoms with van der Waals surface area (Å²) in [6.45, 7) is 0. The van der Waals surface area contributed by atoms with Gasteiger partial charge in [-0.05, 0) is 12.2 Å². The predicted octanol–water partition coefficient (Wildman–Crippen LogP) is 2.80. The molecule has 0 saturated carbocycles. The van der Waals surface area contributed by atoms with Crippen LogP contribution in [-0.2, 0) is 0 Å². The quantitative estimate of drug-likeness (QED) is 0.649. The fourth-order valence-corrected chi connectivity index (χ4v) is 1.90. The number of Topliss-reactive ketones (excluding diaryl/α,β-unsaturated/α-hetero) is 1. The van der Waals surface area contributed by atoms with Crippen molar-refractivity contribution in [2.45, 2.75) is 5.79 Å². The molecule has 0 aromatic heterocycles. The van der Waals surface area contributed by atoms with Gasteiger partial charge in [0.15, 0.2) is 11.6 Å². The number of alkyl halides is 1. The van der Waals surface area contributed by atoms with Crippen molar-refractivity contribution in [1.29, 1.82) is 0 Å². The summed E-state index contributed by atoms with van der Waals surface area (Å²) >= 11 is 5.77. The molecule has 1 aromatic rings. The second-order valence-corrected chi connectivity index (χ2v) is 4.36. The molecule has 2 atom stereocenters. The van der Waals surface area contributed by atoms with Crippen molar-refractivity contribution >= 4 is 17.4 Å². The molecule has 2 nitrogen and oxygen atoms in total. The van der Waals surface area contributed by atoms with Gasteiger partial charge in [-0.25, -0.2) is 4.39 Å². The monoisotopic (exact) mass is 251 g/mol. The highest BCUT2D eigenvalue weighted by molar-refractivity contribution is 6.31. The maximum atomic E-state index is 14.0. The van der Waals surface area contributed by atoms with Crippen LogP contribution in [0.1, 0.15) is 10.4 Å². The summed E-state index contributed by atoms with van der Waals surface area (Å²) in [4.78, 5) is 12.1. The van der Waals surface area contributed by atoms with Gasteiger partial charge in [-0.3, -0.25) is 10.5 Å². The molecule has 4 heteroatoms. The number of carbonyl (C=O) groups excluding carboxylic acids is 1. The van der Waals surface area contributed by atoms with Crippen LogP contribution in [0.25, 0.3) is 0 Å². The Kier molecular flexibility index (Phi) is 3.13. The van der Waals surface area contributed by atoms with Crippen molar-refractivity contribution in [3.05, 3.63) is 59.2 Å². The van der Waals surface area contributed by atoms with Crippen LogP contribution in [0.5, 0.6) is 0 Å². The fourth-order valence-electron chi connectivity index (χ4n) is 1.71. The van der Waals surface area contributed by atoms with Gasteiger partial charge in [0.05, 0.1) is 5.92 Å². The van der Waals surface area contributed by atoms with Crippen LogP contribution in [0.2, 0.25) is 0 Å². The molecule has 0 radical (unpaired) electrons. The average Bonchev–Trinajstić information content (AvgIpc) is 2.33. The summed E-state index contributed by atoms with van der Waals surface area (Å²) in [7, 11) is 0. The maximum absolute atomic E-state index is 14.0. The third kappa shape index (κ3) is 2.46. The van der Waals surface area contributed by atoms with Gasteiger partial charge in [0.25, 0.3) is 0 Å². The Labute approximate surface area is 104 Å². The Balaban J connectivity index is 2.34. The van der Waals surface area contributed by atoms with Crippen molar-refractivity contribution in [2.75, 3.05) is 0 Å². The zero-order valence-electron chi connectivity index (χ0n) is 8.94. The Hall–Kier alpha value is -1.45. The first kappa shape index (κ1) is 12.0. The number of carbonyl (C=O) groups is 1. The number of hydrogen-bond donors (Lipinski definition) is 1. The standard InChI is InChI=1S/C13H11ClFNO/c14-10-6-7-13(15,16)11(8-10)12(17)9-4-2-1-3-5-9/h1-8,11H,16H2/t11-,13+/m0/s1. The Bertz CT molecular complexity index is 493. The molecule has 0 fully saturated rings. The molecular formula is C13H11ClFNO. The number of ketones is 1. The molecular weight excluding hydrogens is 241 g/mol. The molecule has 2 N–H and O–H groups in total. The van der Waals surface area contributed by atoms with Crippen LogP contribution in [-0.4, -0.2) is 11.6 Å². The van der Waals surface area contributed by atoms with Crippen molar-refractivity contribution in [3.8, 4) is 0 Å². The van der Waals surface area contributed by atoms with Crippen molar-refractivity contribution in [2.24, 2.45) is 11.7 Å². The van der Waals surface area contributed by atoms with Crippen LogP contribution in [0.4, 0.5) is 4.39 Å². The minimum absolute atomic E-state index is 0.318. The van der Waals surface area contributed by atoms with E-state index in [9.17, 15) is 9.18 Å². The first-order chi connectivity index (χ1) is 8.00. The van der Waals surface area contributed by atoms with Gasteiger partial charge < -0.3 is 0 Å². The molecule has 1 aliphatic rings. The zero-order chi connectivity index (χ0) is 12.5. The minimum atomic E-state index is -2.19. The number of halogens is 2. The van der Waals surface area contributed by atoms with Crippen LogP contribution in [0.3, 0.4) is 0 Å². The lowest BCUT2D eigenvalue weighted by molar-refractivity contribution is 0.0807. The van der Waals surface area contributed by atoms with E-state index in [-0.39, 0.29) is 5.78 Å². The topological polar surface area (TPSA) is 43.1 Å². The molecule has 1 aromatic carbocycles. The number of allylic oxidation sites excluding steroid dienone is 2. The first-order valence-electron chi connectivity index (χ1n) is 5.14. The van der Waals surface area contributed by atoms with Crippen molar-refractivity contribution in [1.82, 2.24) is 0 Å². The number of hydrogen-bond acceptors (Lipinski definition) is 2. The lowest BCUT2D eigenvalue weighted by atomic mass is 9.86. The summed E-state index contributed by atoms with van der Waals surface area (Å²) in [5, 5.41) is 0.318. The van der Waals surface area contributed by atoms with Crippen molar-refractivity contribution < 1.29 is 9.18 Å². The number of benzene rings is 1. The Morgan fingerprint density at radius 3 is 2.65 bits per heavy atom. The van der Waals surface area contributed by atoms with E-state index in [1.54, 1.807) is 30.3 Å². The third-order valence-corrected chi connectivity index (χ3v) is 2.89. The highest BCUT2D eigenvalue weighted by Gasteiger charge is 2.38. The summed E-state index contributed by atoms with van der Waals surface area (Å²) in [6, 6.07) is 8.46. The van der Waals surface area contributed by atoms with E-state index in [0.717, 1.165) is 6.08 Å². The van der Waals surface area contributed by atoms with Gasteiger partial charge in [-0.1, -0.05) is 48.0 Å². The smallest absolute Gasteiger partial charge is 0.191 e. The zero-order valence-corrected chi connectivity index (χ0v) is 9.69. The van der Waals surface area contributed by atoms with Crippen LogP contribution in [0.15, 0.2) is 53.6 Å². The fraction of sp³-hybridized carbons (Fsp3) is 0.154. The molecule has 17 heavy (non-hydrogen) atoms. The summed E-state index contributed by atoms with van der Waals surface area (Å²) in [5.41, 5.74) is 5.86. The molecule has 0 saturated heterocycles. The van der Waals surface area contributed by atoms with E-state index in [0.29, 0.717) is 10.6 Å². The average molecular weight is 252 g/mol.